The first-order chi connectivity index (χ1) is 9.26. The van der Waals surface area contributed by atoms with Gasteiger partial charge in [0.25, 0.3) is 0 Å². The van der Waals surface area contributed by atoms with Crippen molar-refractivity contribution in [2.45, 2.75) is 6.92 Å². The first kappa shape index (κ1) is 13.4. The molecule has 0 radical (unpaired) electrons. The fraction of sp³-hybridized carbons (Fsp3) is 0.429. The Labute approximate surface area is 112 Å². The van der Waals surface area contributed by atoms with Gasteiger partial charge in [0.1, 0.15) is 0 Å². The third-order valence-electron chi connectivity index (χ3n) is 3.21. The summed E-state index contributed by atoms with van der Waals surface area (Å²) >= 11 is 0. The molecule has 1 aliphatic heterocycles. The molecule has 0 aromatic heterocycles. The summed E-state index contributed by atoms with van der Waals surface area (Å²) in [5.74, 6) is 0. The number of piperazine rings is 1. The molecule has 19 heavy (non-hydrogen) atoms. The topological polar surface area (TPSA) is 49.9 Å². The summed E-state index contributed by atoms with van der Waals surface area (Å²) in [5, 5.41) is 0. The highest BCUT2D eigenvalue weighted by atomic mass is 16.6. The van der Waals surface area contributed by atoms with E-state index in [1.807, 2.05) is 18.2 Å². The van der Waals surface area contributed by atoms with Gasteiger partial charge in [-0.2, -0.15) is 0 Å². The molecule has 0 spiro atoms. The van der Waals surface area contributed by atoms with Gasteiger partial charge in [-0.3, -0.25) is 4.79 Å². The normalized spacial score (nSPS) is 15.2. The summed E-state index contributed by atoms with van der Waals surface area (Å²) in [6.07, 6.45) is 0.610. The van der Waals surface area contributed by atoms with Gasteiger partial charge in [0.2, 0.25) is 0 Å². The Balaban J connectivity index is 2.00. The third kappa shape index (κ3) is 3.05. The van der Waals surface area contributed by atoms with E-state index < -0.39 is 0 Å². The molecule has 0 aliphatic carbocycles. The number of carbonyl (C=O) groups is 2. The van der Waals surface area contributed by atoms with Gasteiger partial charge in [0, 0.05) is 37.4 Å². The second kappa shape index (κ2) is 6.22. The van der Waals surface area contributed by atoms with Crippen LogP contribution in [0.2, 0.25) is 0 Å². The van der Waals surface area contributed by atoms with Crippen LogP contribution in [0.1, 0.15) is 17.3 Å². The minimum absolute atomic E-state index is 0.258. The van der Waals surface area contributed by atoms with Crippen molar-refractivity contribution >= 4 is 18.1 Å². The molecular formula is C14H18N2O3. The number of hydrogen-bond donors (Lipinski definition) is 0. The van der Waals surface area contributed by atoms with Gasteiger partial charge < -0.3 is 14.5 Å². The summed E-state index contributed by atoms with van der Waals surface area (Å²) in [6, 6.07) is 7.51. The number of benzene rings is 1. The fourth-order valence-electron chi connectivity index (χ4n) is 2.22. The standard InChI is InChI=1S/C14H18N2O3/c1-2-19-14(18)16-9-7-15(8-10-16)13-6-4-3-5-12(13)11-17/h3-6,11H,2,7-10H2,1H3. The summed E-state index contributed by atoms with van der Waals surface area (Å²) in [5.41, 5.74) is 1.62. The lowest BCUT2D eigenvalue weighted by molar-refractivity contribution is 0.105. The van der Waals surface area contributed by atoms with Crippen LogP contribution in [-0.4, -0.2) is 50.1 Å². The molecule has 2 rings (SSSR count). The smallest absolute Gasteiger partial charge is 0.409 e. The molecule has 1 amide bonds. The van der Waals surface area contributed by atoms with E-state index in [2.05, 4.69) is 4.90 Å². The first-order valence-corrected chi connectivity index (χ1v) is 6.47. The molecule has 1 saturated heterocycles. The number of aldehydes is 1. The van der Waals surface area contributed by atoms with Crippen LogP contribution in [0.4, 0.5) is 10.5 Å². The van der Waals surface area contributed by atoms with E-state index in [4.69, 9.17) is 4.74 Å². The Morgan fingerprint density at radius 3 is 2.58 bits per heavy atom. The van der Waals surface area contributed by atoms with Crippen molar-refractivity contribution in [1.29, 1.82) is 0 Å². The van der Waals surface area contributed by atoms with E-state index in [1.54, 1.807) is 17.9 Å². The van der Waals surface area contributed by atoms with Gasteiger partial charge >= 0.3 is 6.09 Å². The molecule has 0 N–H and O–H groups in total. The van der Waals surface area contributed by atoms with E-state index in [0.717, 1.165) is 12.0 Å². The largest absolute Gasteiger partial charge is 0.450 e. The van der Waals surface area contributed by atoms with Crippen molar-refractivity contribution in [1.82, 2.24) is 4.90 Å². The monoisotopic (exact) mass is 262 g/mol. The van der Waals surface area contributed by atoms with Crippen LogP contribution in [0.3, 0.4) is 0 Å². The molecule has 1 aromatic carbocycles. The van der Waals surface area contributed by atoms with Gasteiger partial charge in [-0.1, -0.05) is 12.1 Å². The van der Waals surface area contributed by atoms with Gasteiger partial charge in [-0.05, 0) is 19.1 Å². The lowest BCUT2D eigenvalue weighted by atomic mass is 10.1. The van der Waals surface area contributed by atoms with E-state index in [0.29, 0.717) is 38.3 Å². The van der Waals surface area contributed by atoms with Gasteiger partial charge in [-0.15, -0.1) is 0 Å². The second-order valence-corrected chi connectivity index (χ2v) is 4.35. The van der Waals surface area contributed by atoms with Crippen molar-refractivity contribution in [2.24, 2.45) is 0 Å². The number of amides is 1. The van der Waals surface area contributed by atoms with E-state index >= 15 is 0 Å². The third-order valence-corrected chi connectivity index (χ3v) is 3.21. The molecule has 5 heteroatoms. The van der Waals surface area contributed by atoms with E-state index in [1.165, 1.54) is 0 Å². The molecule has 0 saturated carbocycles. The predicted octanol–water partition coefficient (Wildman–Crippen LogP) is 1.78. The average Bonchev–Trinajstić information content (AvgIpc) is 2.47. The van der Waals surface area contributed by atoms with Crippen LogP contribution in [0.25, 0.3) is 0 Å². The number of rotatable bonds is 3. The predicted molar refractivity (Wildman–Crippen MR) is 72.6 cm³/mol. The molecule has 0 bridgehead atoms. The number of carbonyl (C=O) groups excluding carboxylic acids is 2. The molecule has 102 valence electrons. The Morgan fingerprint density at radius 2 is 1.95 bits per heavy atom. The van der Waals surface area contributed by atoms with Crippen molar-refractivity contribution in [2.75, 3.05) is 37.7 Å². The van der Waals surface area contributed by atoms with Crippen LogP contribution in [0.15, 0.2) is 24.3 Å². The van der Waals surface area contributed by atoms with Crippen LogP contribution in [0.5, 0.6) is 0 Å². The Morgan fingerprint density at radius 1 is 1.26 bits per heavy atom. The molecule has 1 aliphatic rings. The minimum atomic E-state index is -0.258. The molecule has 0 atom stereocenters. The summed E-state index contributed by atoms with van der Waals surface area (Å²) < 4.78 is 4.98. The van der Waals surface area contributed by atoms with E-state index in [9.17, 15) is 9.59 Å². The zero-order valence-electron chi connectivity index (χ0n) is 11.0. The van der Waals surface area contributed by atoms with Crippen LogP contribution < -0.4 is 4.90 Å². The minimum Gasteiger partial charge on any atom is -0.450 e. The molecular weight excluding hydrogens is 244 g/mol. The molecule has 5 nitrogen and oxygen atoms in total. The molecule has 1 fully saturated rings. The first-order valence-electron chi connectivity index (χ1n) is 6.47. The molecule has 1 aromatic rings. The SMILES string of the molecule is CCOC(=O)N1CCN(c2ccccc2C=O)CC1. The number of hydrogen-bond acceptors (Lipinski definition) is 4. The van der Waals surface area contributed by atoms with Crippen LogP contribution >= 0.6 is 0 Å². The maximum absolute atomic E-state index is 11.6. The van der Waals surface area contributed by atoms with E-state index in [-0.39, 0.29) is 6.09 Å². The number of ether oxygens (including phenoxy) is 1. The zero-order chi connectivity index (χ0) is 13.7. The van der Waals surface area contributed by atoms with Crippen molar-refractivity contribution < 1.29 is 14.3 Å². The summed E-state index contributed by atoms with van der Waals surface area (Å²) in [7, 11) is 0. The quantitative estimate of drug-likeness (QED) is 0.779. The Kier molecular flexibility index (Phi) is 4.39. The van der Waals surface area contributed by atoms with Crippen molar-refractivity contribution in [3.8, 4) is 0 Å². The Hall–Kier alpha value is -2.04. The lowest BCUT2D eigenvalue weighted by Gasteiger charge is -2.35. The summed E-state index contributed by atoms with van der Waals surface area (Å²) in [6.45, 7) is 4.85. The summed E-state index contributed by atoms with van der Waals surface area (Å²) in [4.78, 5) is 26.4. The van der Waals surface area contributed by atoms with Crippen molar-refractivity contribution in [3.63, 3.8) is 0 Å². The second-order valence-electron chi connectivity index (χ2n) is 4.35. The van der Waals surface area contributed by atoms with Crippen LogP contribution in [-0.2, 0) is 4.74 Å². The fourth-order valence-corrected chi connectivity index (χ4v) is 2.22. The number of anilines is 1. The highest BCUT2D eigenvalue weighted by molar-refractivity contribution is 5.84. The van der Waals surface area contributed by atoms with Crippen LogP contribution in [0, 0.1) is 0 Å². The van der Waals surface area contributed by atoms with Gasteiger partial charge in [-0.25, -0.2) is 4.79 Å². The number of nitrogens with zero attached hydrogens (tertiary/aromatic N) is 2. The highest BCUT2D eigenvalue weighted by Gasteiger charge is 2.22. The average molecular weight is 262 g/mol. The van der Waals surface area contributed by atoms with Gasteiger partial charge in [0.05, 0.1) is 6.61 Å². The lowest BCUT2D eigenvalue weighted by Crippen LogP contribution is -2.49. The molecule has 0 unspecified atom stereocenters. The maximum atomic E-state index is 11.6. The number of para-hydroxylation sites is 1. The van der Waals surface area contributed by atoms with Gasteiger partial charge in [0.15, 0.2) is 6.29 Å². The van der Waals surface area contributed by atoms with Crippen molar-refractivity contribution in [3.05, 3.63) is 29.8 Å². The highest BCUT2D eigenvalue weighted by Crippen LogP contribution is 2.20. The zero-order valence-corrected chi connectivity index (χ0v) is 11.0. The molecule has 1 heterocycles. The maximum Gasteiger partial charge on any atom is 0.409 e. The Bertz CT molecular complexity index is 454.